The van der Waals surface area contributed by atoms with E-state index in [2.05, 4.69) is 40.0 Å². The van der Waals surface area contributed by atoms with Gasteiger partial charge in [0.2, 0.25) is 5.91 Å². The van der Waals surface area contributed by atoms with Gasteiger partial charge in [0, 0.05) is 5.16 Å². The van der Waals surface area contributed by atoms with Gasteiger partial charge in [0.15, 0.2) is 0 Å². The normalized spacial score (nSPS) is 13.4. The van der Waals surface area contributed by atoms with Gasteiger partial charge >= 0.3 is 0 Å². The maximum atomic E-state index is 11.6. The number of hydrogen-bond acceptors (Lipinski definition) is 1. The van der Waals surface area contributed by atoms with Gasteiger partial charge in [-0.15, -0.1) is 0 Å². The van der Waals surface area contributed by atoms with Crippen LogP contribution in [-0.4, -0.2) is 22.1 Å². The quantitative estimate of drug-likeness (QED) is 0.727. The van der Waals surface area contributed by atoms with Gasteiger partial charge in [-0.05, 0) is 0 Å². The third-order valence-corrected chi connectivity index (χ3v) is 15.7. The second-order valence-electron chi connectivity index (χ2n) is 5.52. The zero-order valence-electron chi connectivity index (χ0n) is 10.5. The van der Waals surface area contributed by atoms with Gasteiger partial charge in [0.25, 0.3) is 0 Å². The topological polar surface area (TPSA) is 43.1 Å². The Morgan fingerprint density at radius 2 is 1.36 bits per heavy atom. The smallest absolute Gasteiger partial charge is 0.215 e. The predicted octanol–water partition coefficient (Wildman–Crippen LogP) is 2.84. The Labute approximate surface area is 90.3 Å². The summed E-state index contributed by atoms with van der Waals surface area (Å²) in [6, 6.07) is 2.30. The van der Waals surface area contributed by atoms with Gasteiger partial charge in [0.05, 0.1) is 16.1 Å². The van der Waals surface area contributed by atoms with Gasteiger partial charge in [-0.25, -0.2) is 0 Å². The summed E-state index contributed by atoms with van der Waals surface area (Å²) in [5.41, 5.74) is 5.59. The number of hydrogen-bond donors (Lipinski definition) is 1. The van der Waals surface area contributed by atoms with Crippen LogP contribution >= 0.6 is 0 Å². The molecule has 1 amide bonds. The van der Waals surface area contributed by atoms with Crippen molar-refractivity contribution in [3.8, 4) is 0 Å². The molecule has 0 aromatic heterocycles. The molecule has 0 aliphatic heterocycles. The molecule has 2 N–H and O–H groups in total. The Morgan fingerprint density at radius 1 is 1.07 bits per heavy atom. The Morgan fingerprint density at radius 3 is 1.50 bits per heavy atom. The van der Waals surface area contributed by atoms with Crippen molar-refractivity contribution in [3.63, 3.8) is 0 Å². The molecule has 0 heterocycles. The van der Waals surface area contributed by atoms with Gasteiger partial charge < -0.3 is 5.73 Å². The lowest BCUT2D eigenvalue weighted by Crippen LogP contribution is -2.52. The molecule has 0 aliphatic rings. The first-order valence-corrected chi connectivity index (χ1v) is 12.0. The van der Waals surface area contributed by atoms with Crippen molar-refractivity contribution in [1.29, 1.82) is 0 Å². The second-order valence-corrected chi connectivity index (χ2v) is 16.6. The minimum Gasteiger partial charge on any atom is -0.370 e. The van der Waals surface area contributed by atoms with E-state index >= 15 is 0 Å². The zero-order chi connectivity index (χ0) is 11.6. The van der Waals surface area contributed by atoms with E-state index in [1.54, 1.807) is 0 Å². The average Bonchev–Trinajstić information content (AvgIpc) is 2.02. The lowest BCUT2D eigenvalue weighted by Gasteiger charge is -2.39. The molecule has 0 rings (SSSR count). The number of primary amides is 1. The molecule has 0 aromatic rings. The van der Waals surface area contributed by atoms with Crippen LogP contribution in [-0.2, 0) is 4.79 Å². The largest absolute Gasteiger partial charge is 0.370 e. The summed E-state index contributed by atoms with van der Waals surface area (Å²) in [7, 11) is -2.88. The molecule has 0 bridgehead atoms. The highest BCUT2D eigenvalue weighted by Crippen LogP contribution is 2.36. The first-order chi connectivity index (χ1) is 6.19. The van der Waals surface area contributed by atoms with E-state index in [0.717, 1.165) is 12.1 Å². The average molecular weight is 231 g/mol. The molecule has 0 unspecified atom stereocenters. The van der Waals surface area contributed by atoms with Crippen molar-refractivity contribution < 1.29 is 4.79 Å². The first-order valence-electron chi connectivity index (χ1n) is 5.48. The van der Waals surface area contributed by atoms with Crippen LogP contribution in [0.1, 0.15) is 13.8 Å². The predicted molar refractivity (Wildman–Crippen MR) is 68.9 cm³/mol. The monoisotopic (exact) mass is 231 g/mol. The maximum Gasteiger partial charge on any atom is 0.215 e. The fourth-order valence-corrected chi connectivity index (χ4v) is 14.3. The standard InChI is InChI=1S/C10H25NOSi2/c1-7-13(3,4)10(9(11)12)14(5,6)8-2/h10H,7-8H2,1-6H3,(H2,11,12). The molecule has 84 valence electrons. The minimum absolute atomic E-state index is 0.0398. The van der Waals surface area contributed by atoms with Crippen LogP contribution in [0.4, 0.5) is 0 Å². The highest BCUT2D eigenvalue weighted by Gasteiger charge is 2.44. The van der Waals surface area contributed by atoms with Crippen LogP contribution in [0.5, 0.6) is 0 Å². The molecule has 0 radical (unpaired) electrons. The molecular formula is C10H25NOSi2. The third-order valence-electron chi connectivity index (χ3n) is 3.67. The Kier molecular flexibility index (Phi) is 4.58. The highest BCUT2D eigenvalue weighted by atomic mass is 28.4. The molecule has 0 saturated heterocycles. The minimum atomic E-state index is -1.44. The highest BCUT2D eigenvalue weighted by molar-refractivity contribution is 7.00. The van der Waals surface area contributed by atoms with Crippen molar-refractivity contribution in [1.82, 2.24) is 0 Å². The van der Waals surface area contributed by atoms with Gasteiger partial charge in [-0.1, -0.05) is 52.1 Å². The number of carbonyl (C=O) groups excluding carboxylic acids is 1. The van der Waals surface area contributed by atoms with Crippen LogP contribution in [0.25, 0.3) is 0 Å². The molecule has 0 atom stereocenters. The summed E-state index contributed by atoms with van der Waals surface area (Å²) in [4.78, 5) is 11.6. The fraction of sp³-hybridized carbons (Fsp3) is 0.900. The van der Waals surface area contributed by atoms with E-state index in [1.165, 1.54) is 0 Å². The Hall–Kier alpha value is -0.0962. The summed E-state index contributed by atoms with van der Waals surface area (Å²) in [5.74, 6) is -0.0398. The summed E-state index contributed by atoms with van der Waals surface area (Å²) in [6.07, 6.45) is 0. The molecule has 0 aromatic carbocycles. The number of nitrogens with two attached hydrogens (primary N) is 1. The third kappa shape index (κ3) is 2.95. The summed E-state index contributed by atoms with van der Waals surface area (Å²) in [5, 5.41) is 0.227. The van der Waals surface area contributed by atoms with Gasteiger partial charge in [0.1, 0.15) is 0 Å². The number of amides is 1. The Balaban J connectivity index is 5.06. The molecule has 0 saturated carbocycles. The van der Waals surface area contributed by atoms with Crippen molar-refractivity contribution in [2.75, 3.05) is 0 Å². The molecule has 0 fully saturated rings. The van der Waals surface area contributed by atoms with Crippen molar-refractivity contribution >= 4 is 22.1 Å². The zero-order valence-corrected chi connectivity index (χ0v) is 12.5. The van der Waals surface area contributed by atoms with E-state index in [1.807, 2.05) is 0 Å². The molecule has 2 nitrogen and oxygen atoms in total. The van der Waals surface area contributed by atoms with Gasteiger partial charge in [-0.2, -0.15) is 0 Å². The van der Waals surface area contributed by atoms with Crippen LogP contribution < -0.4 is 5.73 Å². The molecule has 14 heavy (non-hydrogen) atoms. The lowest BCUT2D eigenvalue weighted by atomic mass is 10.7. The van der Waals surface area contributed by atoms with Crippen molar-refractivity contribution in [2.45, 2.75) is 57.3 Å². The van der Waals surface area contributed by atoms with E-state index in [4.69, 9.17) is 5.73 Å². The fourth-order valence-electron chi connectivity index (χ4n) is 2.24. The van der Waals surface area contributed by atoms with E-state index in [9.17, 15) is 4.79 Å². The number of carbonyl (C=O) groups is 1. The Bertz CT molecular complexity index is 198. The summed E-state index contributed by atoms with van der Waals surface area (Å²) < 4.78 is 0. The summed E-state index contributed by atoms with van der Waals surface area (Å²) in [6.45, 7) is 13.6. The molecule has 0 spiro atoms. The van der Waals surface area contributed by atoms with E-state index < -0.39 is 16.1 Å². The van der Waals surface area contributed by atoms with Crippen molar-refractivity contribution in [2.24, 2.45) is 5.73 Å². The number of rotatable bonds is 5. The molecule has 4 heteroatoms. The molecule has 0 aliphatic carbocycles. The van der Waals surface area contributed by atoms with Crippen LogP contribution in [0.3, 0.4) is 0 Å². The van der Waals surface area contributed by atoms with Crippen molar-refractivity contribution in [3.05, 3.63) is 0 Å². The lowest BCUT2D eigenvalue weighted by molar-refractivity contribution is -0.116. The summed E-state index contributed by atoms with van der Waals surface area (Å²) >= 11 is 0. The van der Waals surface area contributed by atoms with E-state index in [0.29, 0.717) is 0 Å². The van der Waals surface area contributed by atoms with Crippen LogP contribution in [0.2, 0.25) is 43.4 Å². The van der Waals surface area contributed by atoms with Gasteiger partial charge in [-0.3, -0.25) is 4.79 Å². The first kappa shape index (κ1) is 13.9. The second kappa shape index (κ2) is 4.62. The molecular weight excluding hydrogens is 206 g/mol. The van der Waals surface area contributed by atoms with Crippen LogP contribution in [0, 0.1) is 0 Å². The van der Waals surface area contributed by atoms with Crippen LogP contribution in [0.15, 0.2) is 0 Å². The van der Waals surface area contributed by atoms with E-state index in [-0.39, 0.29) is 11.1 Å². The maximum absolute atomic E-state index is 11.6. The SMILES string of the molecule is CC[Si](C)(C)C(C(N)=O)[Si](C)(C)CC.